The summed E-state index contributed by atoms with van der Waals surface area (Å²) in [5.41, 5.74) is 1.28. The Hall–Kier alpha value is -3.92. The Kier molecular flexibility index (Phi) is 14.3. The van der Waals surface area contributed by atoms with Gasteiger partial charge in [0.15, 0.2) is 23.0 Å². The minimum atomic E-state index is -1.60. The van der Waals surface area contributed by atoms with Crippen molar-refractivity contribution in [3.05, 3.63) is 53.6 Å². The number of benzene rings is 2. The van der Waals surface area contributed by atoms with Gasteiger partial charge in [-0.15, -0.1) is 0 Å². The number of ether oxygens (including phenoxy) is 2. The number of carbonyl (C=O) groups excluding carboxylic acids is 2. The average molecular weight is 635 g/mol. The number of phenolic OH excluding ortho intramolecular Hbond substituents is 3. The molecule has 0 aliphatic carbocycles. The third-order valence-corrected chi connectivity index (χ3v) is 7.22. The van der Waals surface area contributed by atoms with Crippen LogP contribution < -0.4 is 20.7 Å². The first-order chi connectivity index (χ1) is 21.6. The van der Waals surface area contributed by atoms with Crippen molar-refractivity contribution in [3.63, 3.8) is 0 Å². The Morgan fingerprint density at radius 1 is 0.867 bits per heavy atom. The van der Waals surface area contributed by atoms with E-state index in [0.717, 1.165) is 32.4 Å². The zero-order chi connectivity index (χ0) is 32.8. The number of quaternary nitrogens is 1. The van der Waals surface area contributed by atoms with E-state index >= 15 is 0 Å². The second-order valence-corrected chi connectivity index (χ2v) is 10.8. The second kappa shape index (κ2) is 18.1. The molecule has 0 radical (unpaired) electrons. The highest BCUT2D eigenvalue weighted by atomic mass is 16.7. The molecule has 5 atom stereocenters. The van der Waals surface area contributed by atoms with Crippen LogP contribution >= 0.6 is 0 Å². The van der Waals surface area contributed by atoms with Crippen molar-refractivity contribution in [3.8, 4) is 23.0 Å². The highest BCUT2D eigenvalue weighted by molar-refractivity contribution is 5.91. The molecule has 0 bridgehead atoms. The summed E-state index contributed by atoms with van der Waals surface area (Å²) >= 11 is 0. The van der Waals surface area contributed by atoms with E-state index in [1.165, 1.54) is 30.3 Å². The minimum absolute atomic E-state index is 0.0317. The van der Waals surface area contributed by atoms with E-state index in [1.807, 2.05) is 0 Å². The lowest BCUT2D eigenvalue weighted by Crippen LogP contribution is -2.84. The Bertz CT molecular complexity index is 1270. The number of rotatable bonds is 17. The highest BCUT2D eigenvalue weighted by Gasteiger charge is 2.44. The molecule has 1 aliphatic heterocycles. The van der Waals surface area contributed by atoms with Crippen LogP contribution in [0.2, 0.25) is 0 Å². The Morgan fingerprint density at radius 2 is 1.62 bits per heavy atom. The van der Waals surface area contributed by atoms with E-state index in [1.54, 1.807) is 18.2 Å². The predicted octanol–water partition coefficient (Wildman–Crippen LogP) is -1.41. The van der Waals surface area contributed by atoms with Crippen LogP contribution in [0.25, 0.3) is 6.08 Å². The molecule has 248 valence electrons. The van der Waals surface area contributed by atoms with Crippen molar-refractivity contribution in [1.82, 2.24) is 10.6 Å². The average Bonchev–Trinajstić information content (AvgIpc) is 3.02. The normalized spacial score (nSPS) is 21.5. The monoisotopic (exact) mass is 634 g/mol. The van der Waals surface area contributed by atoms with Gasteiger partial charge in [0.1, 0.15) is 24.4 Å². The number of amides is 2. The summed E-state index contributed by atoms with van der Waals surface area (Å²) in [6.07, 6.45) is -1.22. The van der Waals surface area contributed by atoms with Gasteiger partial charge in [-0.3, -0.25) is 9.59 Å². The van der Waals surface area contributed by atoms with Gasteiger partial charge in [0.2, 0.25) is 18.1 Å². The van der Waals surface area contributed by atoms with E-state index in [4.69, 9.17) is 9.47 Å². The molecule has 3 rings (SSSR count). The van der Waals surface area contributed by atoms with Crippen LogP contribution in [-0.2, 0) is 20.7 Å². The molecule has 14 heteroatoms. The fraction of sp³-hybridized carbons (Fsp3) is 0.484. The number of phenols is 3. The van der Waals surface area contributed by atoms with E-state index < -0.39 is 37.3 Å². The van der Waals surface area contributed by atoms with Crippen molar-refractivity contribution < 1.29 is 60.1 Å². The van der Waals surface area contributed by atoms with Gasteiger partial charge in [-0.2, -0.15) is 0 Å². The lowest BCUT2D eigenvalue weighted by molar-refractivity contribution is -0.655. The van der Waals surface area contributed by atoms with E-state index in [-0.39, 0.29) is 41.2 Å². The molecule has 0 saturated carbocycles. The molecule has 0 unspecified atom stereocenters. The maximum absolute atomic E-state index is 12.2. The Balaban J connectivity index is 1.22. The standard InChI is InChI=1S/C31H43N3O11/c35-18-25-28(41)29(42)30(43)31(45-25)44-24-9-5-20(17-23(24)38)7-11-26(39)33-14-2-1-12-32-13-3-15-34-27(40)10-6-19-4-8-21(36)22(37)16-19/h4-6,8-10,16-17,25,28-32,35-38,41-43H,1-3,7,11-15,18H2,(H,33,39)(H,34,40)/p+1/b10-6+/t25-,28-,29+,30-,31-/m1/s1. The summed E-state index contributed by atoms with van der Waals surface area (Å²) in [6.45, 7) is 2.22. The first kappa shape index (κ1) is 35.6. The number of carbonyl (C=O) groups is 2. The second-order valence-electron chi connectivity index (χ2n) is 10.8. The van der Waals surface area contributed by atoms with Crippen molar-refractivity contribution in [2.24, 2.45) is 0 Å². The molecule has 14 nitrogen and oxygen atoms in total. The fourth-order valence-electron chi connectivity index (χ4n) is 4.57. The number of aliphatic hydroxyl groups is 4. The van der Waals surface area contributed by atoms with Gasteiger partial charge in [-0.25, -0.2) is 0 Å². The molecule has 2 aromatic carbocycles. The molecule has 45 heavy (non-hydrogen) atoms. The van der Waals surface area contributed by atoms with Gasteiger partial charge in [0, 0.05) is 32.0 Å². The van der Waals surface area contributed by atoms with Crippen molar-refractivity contribution in [1.29, 1.82) is 0 Å². The zero-order valence-corrected chi connectivity index (χ0v) is 24.9. The number of aryl methyl sites for hydroxylation is 1. The Labute approximate surface area is 260 Å². The summed E-state index contributed by atoms with van der Waals surface area (Å²) in [5.74, 6) is -1.11. The quantitative estimate of drug-likeness (QED) is 0.0552. The molecule has 11 N–H and O–H groups in total. The zero-order valence-electron chi connectivity index (χ0n) is 24.9. The van der Waals surface area contributed by atoms with Crippen LogP contribution in [0.3, 0.4) is 0 Å². The summed E-state index contributed by atoms with van der Waals surface area (Å²) in [7, 11) is 0. The van der Waals surface area contributed by atoms with Gasteiger partial charge < -0.3 is 61.2 Å². The van der Waals surface area contributed by atoms with Gasteiger partial charge in [-0.05, 0) is 60.7 Å². The molecular formula is C31H44N3O11+. The van der Waals surface area contributed by atoms with Crippen molar-refractivity contribution >= 4 is 17.9 Å². The third-order valence-electron chi connectivity index (χ3n) is 7.22. The molecule has 1 aliphatic rings. The van der Waals surface area contributed by atoms with E-state index in [0.29, 0.717) is 30.6 Å². The third kappa shape index (κ3) is 11.5. The molecule has 0 aromatic heterocycles. The number of aliphatic hydroxyl groups excluding tert-OH is 4. The van der Waals surface area contributed by atoms with Crippen LogP contribution in [0.5, 0.6) is 23.0 Å². The van der Waals surface area contributed by atoms with Gasteiger partial charge >= 0.3 is 0 Å². The number of hydrogen-bond donors (Lipinski definition) is 10. The summed E-state index contributed by atoms with van der Waals surface area (Å²) in [6, 6.07) is 8.82. The van der Waals surface area contributed by atoms with Crippen LogP contribution in [0.1, 0.15) is 36.8 Å². The van der Waals surface area contributed by atoms with E-state index in [9.17, 15) is 45.3 Å². The molecule has 1 fully saturated rings. The maximum atomic E-state index is 12.2. The molecule has 1 saturated heterocycles. The lowest BCUT2D eigenvalue weighted by Gasteiger charge is -2.39. The first-order valence-electron chi connectivity index (χ1n) is 14.9. The smallest absolute Gasteiger partial charge is 0.244 e. The van der Waals surface area contributed by atoms with Gasteiger partial charge in [-0.1, -0.05) is 12.1 Å². The molecular weight excluding hydrogens is 590 g/mol. The summed E-state index contributed by atoms with van der Waals surface area (Å²) in [4.78, 5) is 24.1. The SMILES string of the molecule is O=C(/C=C/c1ccc(O)c(O)c1)NCCC[NH2+]CCCCNC(=O)CCc1ccc(O[C@@H]2O[C@H](CO)[C@@H](O)[C@H](O)[C@H]2O)c(O)c1. The maximum Gasteiger partial charge on any atom is 0.244 e. The largest absolute Gasteiger partial charge is 0.504 e. The molecule has 0 spiro atoms. The van der Waals surface area contributed by atoms with Crippen molar-refractivity contribution in [2.45, 2.75) is 62.8 Å². The minimum Gasteiger partial charge on any atom is -0.504 e. The number of aromatic hydroxyl groups is 3. The van der Waals surface area contributed by atoms with Crippen LogP contribution in [-0.4, -0.2) is 111 Å². The number of nitrogens with two attached hydrogens (primary N) is 1. The Morgan fingerprint density at radius 3 is 2.36 bits per heavy atom. The molecule has 2 aromatic rings. The number of hydrogen-bond acceptors (Lipinski definition) is 11. The van der Waals surface area contributed by atoms with Crippen LogP contribution in [0.4, 0.5) is 0 Å². The first-order valence-corrected chi connectivity index (χ1v) is 14.9. The topological polar surface area (TPSA) is 235 Å². The highest BCUT2D eigenvalue weighted by Crippen LogP contribution is 2.31. The van der Waals surface area contributed by atoms with Crippen LogP contribution in [0.15, 0.2) is 42.5 Å². The fourth-order valence-corrected chi connectivity index (χ4v) is 4.57. The van der Waals surface area contributed by atoms with E-state index in [2.05, 4.69) is 16.0 Å². The van der Waals surface area contributed by atoms with Gasteiger partial charge in [0.05, 0.1) is 19.7 Å². The lowest BCUT2D eigenvalue weighted by atomic mass is 9.99. The summed E-state index contributed by atoms with van der Waals surface area (Å²) in [5, 5.41) is 76.1. The summed E-state index contributed by atoms with van der Waals surface area (Å²) < 4.78 is 10.8. The van der Waals surface area contributed by atoms with Crippen LogP contribution in [0, 0.1) is 0 Å². The number of nitrogens with one attached hydrogen (secondary N) is 2. The van der Waals surface area contributed by atoms with Crippen molar-refractivity contribution in [2.75, 3.05) is 32.8 Å². The van der Waals surface area contributed by atoms with Gasteiger partial charge in [0.25, 0.3) is 0 Å². The molecule has 1 heterocycles. The molecule has 2 amide bonds. The number of unbranched alkanes of at least 4 members (excludes halogenated alkanes) is 1. The predicted molar refractivity (Wildman–Crippen MR) is 161 cm³/mol.